The summed E-state index contributed by atoms with van der Waals surface area (Å²) in [6.45, 7) is 14.4. The maximum atomic E-state index is 13.6. The Balaban J connectivity index is 2.35. The second-order valence-electron chi connectivity index (χ2n) is 9.48. The van der Waals surface area contributed by atoms with Gasteiger partial charge in [0.15, 0.2) is 0 Å². The lowest BCUT2D eigenvalue weighted by molar-refractivity contribution is 0.578. The van der Waals surface area contributed by atoms with Crippen molar-refractivity contribution < 1.29 is 8.42 Å². The first-order valence-corrected chi connectivity index (χ1v) is 10.8. The summed E-state index contributed by atoms with van der Waals surface area (Å²) in [7, 11) is 2.63. The van der Waals surface area contributed by atoms with Gasteiger partial charge in [0.05, 0.1) is 29.0 Å². The van der Waals surface area contributed by atoms with Crippen molar-refractivity contribution in [3.63, 3.8) is 0 Å². The van der Waals surface area contributed by atoms with Gasteiger partial charge in [0.2, 0.25) is 9.84 Å². The Morgan fingerprint density at radius 1 is 0.815 bits per heavy atom. The molecule has 0 fully saturated rings. The molecule has 0 aliphatic carbocycles. The van der Waals surface area contributed by atoms with Crippen LogP contribution in [0.2, 0.25) is 0 Å². The second kappa shape index (κ2) is 6.13. The number of hydrogen-bond acceptors (Lipinski definition) is 3. The average molecular weight is 381 g/mol. The first kappa shape index (κ1) is 20.0. The molecule has 2 aromatic carbocycles. The molecule has 1 heterocycles. The third-order valence-electron chi connectivity index (χ3n) is 5.16. The van der Waals surface area contributed by atoms with E-state index in [-0.39, 0.29) is 16.8 Å². The Bertz CT molecular complexity index is 924. The molecule has 5 heteroatoms. The molecule has 1 aliphatic rings. The maximum Gasteiger partial charge on any atom is 0.210 e. The van der Waals surface area contributed by atoms with Gasteiger partial charge in [-0.05, 0) is 52.2 Å². The molecular weight excluding hydrogens is 353 g/mol. The van der Waals surface area contributed by atoms with Crippen molar-refractivity contribution in [2.45, 2.75) is 75.0 Å². The van der Waals surface area contributed by atoms with Gasteiger partial charge in [0.1, 0.15) is 0 Å². The van der Waals surface area contributed by atoms with E-state index >= 15 is 0 Å². The number of anilines is 2. The Morgan fingerprint density at radius 2 is 1.19 bits per heavy atom. The highest BCUT2D eigenvalue weighted by Gasteiger charge is 2.36. The summed E-state index contributed by atoms with van der Waals surface area (Å²) in [5.41, 5.74) is 2.99. The fraction of sp³-hybridized carbons (Fsp3) is 0.455. The van der Waals surface area contributed by atoms with Crippen LogP contribution in [-0.4, -0.2) is 22.2 Å². The Kier molecular flexibility index (Phi) is 4.54. The summed E-state index contributed by atoms with van der Waals surface area (Å²) in [5.74, 6) is -0.348. The van der Waals surface area contributed by atoms with E-state index in [1.54, 1.807) is 0 Å². The molecule has 1 aliphatic heterocycles. The highest BCUT2D eigenvalue weighted by atomic mass is 32.2. The van der Waals surface area contributed by atoms with E-state index in [0.717, 1.165) is 11.1 Å². The zero-order chi connectivity index (χ0) is 20.4. The third kappa shape index (κ3) is 3.31. The van der Waals surface area contributed by atoms with E-state index in [2.05, 4.69) is 41.5 Å². The third-order valence-corrected chi connectivity index (χ3v) is 6.97. The Morgan fingerprint density at radius 3 is 1.48 bits per heavy atom. The smallest absolute Gasteiger partial charge is 0.210 e. The average Bonchev–Trinajstić information content (AvgIpc) is 2.52. The van der Waals surface area contributed by atoms with Gasteiger partial charge in [0.25, 0.3) is 0 Å². The minimum Gasteiger partial charge on any atom is -0.346 e. The number of rotatable bonds is 1. The summed E-state index contributed by atoms with van der Waals surface area (Å²) in [4.78, 5) is 2.60. The lowest BCUT2D eigenvalue weighted by atomic mass is 9.86. The van der Waals surface area contributed by atoms with Crippen molar-refractivity contribution >= 4 is 29.1 Å². The van der Waals surface area contributed by atoms with Crippen molar-refractivity contribution in [2.24, 2.45) is 0 Å². The van der Waals surface area contributed by atoms with Crippen LogP contribution in [0.15, 0.2) is 46.2 Å². The number of benzene rings is 2. The fourth-order valence-electron chi connectivity index (χ4n) is 3.48. The first-order chi connectivity index (χ1) is 12.2. The summed E-state index contributed by atoms with van der Waals surface area (Å²) >= 11 is 0. The molecule has 3 nitrogen and oxygen atoms in total. The first-order valence-electron chi connectivity index (χ1n) is 9.33. The van der Waals surface area contributed by atoms with Crippen LogP contribution in [0, 0.1) is 0 Å². The van der Waals surface area contributed by atoms with E-state index < -0.39 is 9.84 Å². The molecule has 0 bridgehead atoms. The summed E-state index contributed by atoms with van der Waals surface area (Å²) in [6.07, 6.45) is 0. The lowest BCUT2D eigenvalue weighted by Gasteiger charge is -2.37. The van der Waals surface area contributed by atoms with E-state index in [0.29, 0.717) is 21.2 Å². The molecule has 0 aromatic heterocycles. The molecule has 1 unspecified atom stereocenters. The predicted octanol–water partition coefficient (Wildman–Crippen LogP) is 5.08. The van der Waals surface area contributed by atoms with E-state index in [9.17, 15) is 8.42 Å². The normalized spacial score (nSPS) is 17.2. The Hall–Kier alpha value is -1.75. The topological polar surface area (TPSA) is 37.4 Å². The van der Waals surface area contributed by atoms with E-state index in [1.807, 2.05) is 48.2 Å². The highest BCUT2D eigenvalue weighted by molar-refractivity contribution is 7.92. The van der Waals surface area contributed by atoms with Gasteiger partial charge in [-0.25, -0.2) is 8.42 Å². The molecule has 2 aromatic rings. The van der Waals surface area contributed by atoms with E-state index in [1.165, 1.54) is 0 Å². The number of nitrogens with zero attached hydrogens (tertiary/aromatic N) is 1. The van der Waals surface area contributed by atoms with Crippen molar-refractivity contribution in [1.29, 1.82) is 0 Å². The van der Waals surface area contributed by atoms with Crippen LogP contribution in [-0.2, 0) is 20.7 Å². The molecule has 27 heavy (non-hydrogen) atoms. The monoisotopic (exact) mass is 381 g/mol. The van der Waals surface area contributed by atoms with E-state index in [4.69, 9.17) is 7.85 Å². The molecule has 0 amide bonds. The minimum atomic E-state index is -3.63. The molecule has 3 rings (SSSR count). The molecule has 142 valence electrons. The van der Waals surface area contributed by atoms with Crippen molar-refractivity contribution in [3.8, 4) is 0 Å². The fourth-order valence-corrected chi connectivity index (χ4v) is 5.16. The number of fused-ring (bicyclic) bond motifs is 2. The van der Waals surface area contributed by atoms with Gasteiger partial charge < -0.3 is 4.90 Å². The van der Waals surface area contributed by atoms with Crippen LogP contribution in [0.25, 0.3) is 0 Å². The maximum absolute atomic E-state index is 13.6. The largest absolute Gasteiger partial charge is 0.346 e. The molecule has 0 saturated carbocycles. The SMILES string of the molecule is [B]C(C)N1c2ccc(C(C)(C)C)cc2S(=O)(=O)c2cc(C(C)(C)C)ccc21. The van der Waals surface area contributed by atoms with Gasteiger partial charge in [-0.1, -0.05) is 60.6 Å². The molecule has 0 saturated heterocycles. The van der Waals surface area contributed by atoms with Crippen molar-refractivity contribution in [3.05, 3.63) is 47.5 Å². The highest BCUT2D eigenvalue weighted by Crippen LogP contribution is 2.47. The Labute approximate surface area is 165 Å². The lowest BCUT2D eigenvalue weighted by Crippen LogP contribution is -2.34. The van der Waals surface area contributed by atoms with Gasteiger partial charge in [-0.3, -0.25) is 0 Å². The zero-order valence-electron chi connectivity index (χ0n) is 17.3. The van der Waals surface area contributed by atoms with Gasteiger partial charge in [0, 0.05) is 0 Å². The van der Waals surface area contributed by atoms with Gasteiger partial charge >= 0.3 is 0 Å². The predicted molar refractivity (Wildman–Crippen MR) is 113 cm³/mol. The summed E-state index contributed by atoms with van der Waals surface area (Å²) in [6, 6.07) is 11.4. The van der Waals surface area contributed by atoms with Gasteiger partial charge in [-0.2, -0.15) is 0 Å². The minimum absolute atomic E-state index is 0.142. The second-order valence-corrected chi connectivity index (χ2v) is 11.4. The number of hydrogen-bond donors (Lipinski definition) is 0. The molecule has 0 spiro atoms. The summed E-state index contributed by atoms with van der Waals surface area (Å²) < 4.78 is 27.1. The standard InChI is InChI=1S/C22H28BNO2S/c1-14(23)24-17-10-8-15(21(2,3)4)12-19(17)27(25,26)20-13-16(22(5,6)7)9-11-18(20)24/h8-14H,1-7H3. The van der Waals surface area contributed by atoms with Crippen molar-refractivity contribution in [1.82, 2.24) is 0 Å². The van der Waals surface area contributed by atoms with Crippen LogP contribution in [0.4, 0.5) is 11.4 Å². The van der Waals surface area contributed by atoms with Crippen LogP contribution < -0.4 is 4.90 Å². The molecule has 0 N–H and O–H groups in total. The quantitative estimate of drug-likeness (QED) is 0.647. The molecular formula is C22H28BNO2S. The van der Waals surface area contributed by atoms with Crippen LogP contribution in [0.5, 0.6) is 0 Å². The van der Waals surface area contributed by atoms with Gasteiger partial charge in [-0.15, -0.1) is 0 Å². The zero-order valence-corrected chi connectivity index (χ0v) is 18.1. The van der Waals surface area contributed by atoms with Crippen LogP contribution in [0.3, 0.4) is 0 Å². The number of sulfone groups is 1. The molecule has 1 atom stereocenters. The van der Waals surface area contributed by atoms with Crippen LogP contribution >= 0.6 is 0 Å². The summed E-state index contributed by atoms with van der Waals surface area (Å²) in [5, 5.41) is 0. The molecule has 2 radical (unpaired) electrons. The van der Waals surface area contributed by atoms with Crippen LogP contribution in [0.1, 0.15) is 59.6 Å². The van der Waals surface area contributed by atoms with Crippen molar-refractivity contribution in [2.75, 3.05) is 4.90 Å².